The van der Waals surface area contributed by atoms with E-state index in [1.165, 1.54) is 58.2 Å². The molecule has 7 heteroatoms. The van der Waals surface area contributed by atoms with E-state index in [4.69, 9.17) is 0 Å². The number of aromatic amines is 1. The predicted molar refractivity (Wildman–Crippen MR) is 107 cm³/mol. The first-order valence-corrected chi connectivity index (χ1v) is 10.2. The zero-order chi connectivity index (χ0) is 18.6. The molecule has 2 aromatic heterocycles. The van der Waals surface area contributed by atoms with Crippen molar-refractivity contribution in [2.75, 3.05) is 39.8 Å². The number of piperidine rings is 2. The van der Waals surface area contributed by atoms with Crippen LogP contribution in [-0.4, -0.2) is 70.6 Å². The summed E-state index contributed by atoms with van der Waals surface area (Å²) in [4.78, 5) is 28.4. The first-order chi connectivity index (χ1) is 13.2. The third-order valence-electron chi connectivity index (χ3n) is 6.21. The average molecular weight is 371 g/mol. The highest BCUT2D eigenvalue weighted by Crippen LogP contribution is 2.23. The van der Waals surface area contributed by atoms with E-state index in [9.17, 15) is 4.79 Å². The largest absolute Gasteiger partial charge is 0.313 e. The summed E-state index contributed by atoms with van der Waals surface area (Å²) in [5, 5.41) is 4.15. The molecule has 0 radical (unpaired) electrons. The van der Waals surface area contributed by atoms with E-state index in [1.54, 1.807) is 12.3 Å². The number of pyridine rings is 1. The van der Waals surface area contributed by atoms with E-state index < -0.39 is 0 Å². The zero-order valence-corrected chi connectivity index (χ0v) is 16.2. The van der Waals surface area contributed by atoms with Gasteiger partial charge in [0.25, 0.3) is 5.56 Å². The van der Waals surface area contributed by atoms with Gasteiger partial charge in [0.2, 0.25) is 0 Å². The molecule has 0 aromatic carbocycles. The summed E-state index contributed by atoms with van der Waals surface area (Å²) >= 11 is 0. The number of aromatic nitrogens is 3. The molecule has 27 heavy (non-hydrogen) atoms. The molecule has 0 saturated carbocycles. The Morgan fingerprint density at radius 3 is 2.70 bits per heavy atom. The summed E-state index contributed by atoms with van der Waals surface area (Å²) in [6, 6.07) is 2.52. The molecule has 146 valence electrons. The van der Waals surface area contributed by atoms with Gasteiger partial charge in [-0.3, -0.25) is 9.78 Å². The fourth-order valence-electron chi connectivity index (χ4n) is 4.46. The van der Waals surface area contributed by atoms with Gasteiger partial charge in [0.05, 0.1) is 17.4 Å². The Kier molecular flexibility index (Phi) is 5.80. The lowest BCUT2D eigenvalue weighted by molar-refractivity contribution is 0.0852. The van der Waals surface area contributed by atoms with Crippen LogP contribution in [0.2, 0.25) is 0 Å². The van der Waals surface area contributed by atoms with E-state index in [0.29, 0.717) is 17.4 Å². The highest BCUT2D eigenvalue weighted by Gasteiger charge is 2.27. The molecule has 2 aliphatic rings. The predicted octanol–water partition coefficient (Wildman–Crippen LogP) is 1.21. The summed E-state index contributed by atoms with van der Waals surface area (Å²) < 4.78 is 0. The molecule has 2 saturated heterocycles. The molecule has 0 unspecified atom stereocenters. The Balaban J connectivity index is 1.25. The molecule has 0 bridgehead atoms. The molecule has 2 aliphatic heterocycles. The van der Waals surface area contributed by atoms with Crippen LogP contribution in [0.5, 0.6) is 0 Å². The number of hydrogen-bond donors (Lipinski definition) is 2. The van der Waals surface area contributed by atoms with Crippen molar-refractivity contribution in [3.05, 3.63) is 34.6 Å². The number of likely N-dealkylation sites (tertiary alicyclic amines) is 2. The highest BCUT2D eigenvalue weighted by atomic mass is 16.1. The minimum absolute atomic E-state index is 0.107. The van der Waals surface area contributed by atoms with Crippen LogP contribution in [-0.2, 0) is 6.54 Å². The minimum Gasteiger partial charge on any atom is -0.313 e. The number of nitrogens with one attached hydrogen (secondary N) is 2. The molecule has 4 rings (SSSR count). The van der Waals surface area contributed by atoms with Gasteiger partial charge in [0, 0.05) is 18.8 Å². The molecule has 7 nitrogen and oxygen atoms in total. The standard InChI is InChI=1S/C20H30N6O/c1-25-8-5-16(6-9-25)26-10-3-15(4-11-26)12-21-13-18-19-17(2-7-22-18)20(27)24-14-23-19/h2,7,14-16,21H,3-6,8-13H2,1H3,(H,23,24,27). The van der Waals surface area contributed by atoms with Gasteiger partial charge in [-0.05, 0) is 77.4 Å². The Labute approximate surface area is 160 Å². The van der Waals surface area contributed by atoms with Gasteiger partial charge in [0.15, 0.2) is 0 Å². The number of hydrogen-bond acceptors (Lipinski definition) is 6. The van der Waals surface area contributed by atoms with E-state index in [2.05, 4.69) is 37.1 Å². The maximum atomic E-state index is 11.9. The van der Waals surface area contributed by atoms with Crippen molar-refractivity contribution in [3.8, 4) is 0 Å². The van der Waals surface area contributed by atoms with Crippen molar-refractivity contribution < 1.29 is 0 Å². The lowest BCUT2D eigenvalue weighted by atomic mass is 9.93. The summed E-state index contributed by atoms with van der Waals surface area (Å²) in [6.45, 7) is 6.59. The molecule has 2 aromatic rings. The molecule has 2 N–H and O–H groups in total. The fraction of sp³-hybridized carbons (Fsp3) is 0.650. The number of fused-ring (bicyclic) bond motifs is 1. The van der Waals surface area contributed by atoms with Crippen molar-refractivity contribution in [2.24, 2.45) is 5.92 Å². The van der Waals surface area contributed by atoms with Crippen LogP contribution >= 0.6 is 0 Å². The monoisotopic (exact) mass is 370 g/mol. The lowest BCUT2D eigenvalue weighted by Gasteiger charge is -2.41. The summed E-state index contributed by atoms with van der Waals surface area (Å²) in [5.74, 6) is 0.721. The molecule has 0 spiro atoms. The van der Waals surface area contributed by atoms with Gasteiger partial charge in [-0.15, -0.1) is 0 Å². The van der Waals surface area contributed by atoms with Crippen molar-refractivity contribution in [1.82, 2.24) is 30.1 Å². The Hall–Kier alpha value is -1.83. The number of rotatable bonds is 5. The summed E-state index contributed by atoms with van der Waals surface area (Å²) in [7, 11) is 2.23. The van der Waals surface area contributed by atoms with Crippen molar-refractivity contribution in [1.29, 1.82) is 0 Å². The van der Waals surface area contributed by atoms with Crippen LogP contribution in [0.3, 0.4) is 0 Å². The molecule has 2 fully saturated rings. The fourth-order valence-corrected chi connectivity index (χ4v) is 4.46. The van der Waals surface area contributed by atoms with Crippen molar-refractivity contribution in [2.45, 2.75) is 38.3 Å². The normalized spacial score (nSPS) is 21.1. The zero-order valence-electron chi connectivity index (χ0n) is 16.2. The molecule has 0 aliphatic carbocycles. The van der Waals surface area contributed by atoms with Gasteiger partial charge in [0.1, 0.15) is 5.52 Å². The van der Waals surface area contributed by atoms with E-state index in [1.807, 2.05) is 0 Å². The van der Waals surface area contributed by atoms with Crippen LogP contribution in [0.4, 0.5) is 0 Å². The van der Waals surface area contributed by atoms with Gasteiger partial charge in [-0.1, -0.05) is 0 Å². The van der Waals surface area contributed by atoms with Gasteiger partial charge in [-0.2, -0.15) is 0 Å². The van der Waals surface area contributed by atoms with Crippen LogP contribution in [0.1, 0.15) is 31.4 Å². The van der Waals surface area contributed by atoms with Crippen LogP contribution in [0.15, 0.2) is 23.4 Å². The third-order valence-corrected chi connectivity index (χ3v) is 6.21. The van der Waals surface area contributed by atoms with E-state index in [-0.39, 0.29) is 5.56 Å². The average Bonchev–Trinajstić information content (AvgIpc) is 2.70. The second-order valence-corrected chi connectivity index (χ2v) is 8.03. The maximum absolute atomic E-state index is 11.9. The molecular weight excluding hydrogens is 340 g/mol. The topological polar surface area (TPSA) is 77.1 Å². The van der Waals surface area contributed by atoms with Crippen LogP contribution in [0.25, 0.3) is 10.9 Å². The summed E-state index contributed by atoms with van der Waals surface area (Å²) in [5.41, 5.74) is 1.44. The number of H-pyrrole nitrogens is 1. The minimum atomic E-state index is -0.107. The smallest absolute Gasteiger partial charge is 0.258 e. The second-order valence-electron chi connectivity index (χ2n) is 8.03. The van der Waals surface area contributed by atoms with Crippen molar-refractivity contribution >= 4 is 10.9 Å². The second kappa shape index (κ2) is 8.46. The SMILES string of the molecule is CN1CCC(N2CCC(CNCc3nccc4c(=O)[nH]cnc34)CC2)CC1. The Morgan fingerprint density at radius 2 is 1.93 bits per heavy atom. The van der Waals surface area contributed by atoms with E-state index >= 15 is 0 Å². The van der Waals surface area contributed by atoms with Gasteiger partial charge < -0.3 is 20.1 Å². The molecular formula is C20H30N6O. The van der Waals surface area contributed by atoms with Gasteiger partial charge in [-0.25, -0.2) is 4.98 Å². The molecule has 0 atom stereocenters. The Morgan fingerprint density at radius 1 is 1.15 bits per heavy atom. The maximum Gasteiger partial charge on any atom is 0.258 e. The van der Waals surface area contributed by atoms with Crippen molar-refractivity contribution in [3.63, 3.8) is 0 Å². The first kappa shape index (κ1) is 18.5. The summed E-state index contributed by atoms with van der Waals surface area (Å²) in [6.07, 6.45) is 8.31. The molecule has 4 heterocycles. The third kappa shape index (κ3) is 4.36. The highest BCUT2D eigenvalue weighted by molar-refractivity contribution is 5.78. The quantitative estimate of drug-likeness (QED) is 0.824. The molecule has 0 amide bonds. The number of nitrogens with zero attached hydrogens (tertiary/aromatic N) is 4. The van der Waals surface area contributed by atoms with E-state index in [0.717, 1.165) is 24.2 Å². The first-order valence-electron chi connectivity index (χ1n) is 10.2. The van der Waals surface area contributed by atoms with Crippen LogP contribution < -0.4 is 10.9 Å². The lowest BCUT2D eigenvalue weighted by Crippen LogP contribution is -2.47. The van der Waals surface area contributed by atoms with Gasteiger partial charge >= 0.3 is 0 Å². The van der Waals surface area contributed by atoms with Crippen LogP contribution in [0, 0.1) is 5.92 Å². The Bertz CT molecular complexity index is 805.